The van der Waals surface area contributed by atoms with Crippen molar-refractivity contribution in [3.8, 4) is 0 Å². The van der Waals surface area contributed by atoms with Crippen LogP contribution in [-0.2, 0) is 21.0 Å². The molecule has 6 nitrogen and oxygen atoms in total. The van der Waals surface area contributed by atoms with Crippen molar-refractivity contribution in [2.75, 3.05) is 13.1 Å². The highest BCUT2D eigenvalue weighted by molar-refractivity contribution is 6.39. The summed E-state index contributed by atoms with van der Waals surface area (Å²) >= 11 is 0. The van der Waals surface area contributed by atoms with E-state index in [9.17, 15) is 9.59 Å². The minimum atomic E-state index is -0.411. The number of amides is 2. The predicted molar refractivity (Wildman–Crippen MR) is 85.6 cm³/mol. The van der Waals surface area contributed by atoms with Crippen LogP contribution in [0, 0.1) is 0 Å². The van der Waals surface area contributed by atoms with E-state index >= 15 is 0 Å². The molecule has 1 aromatic rings. The molecule has 0 bridgehead atoms. The molecule has 1 N–H and O–H groups in total. The molecule has 0 atom stereocenters. The van der Waals surface area contributed by atoms with E-state index in [1.54, 1.807) is 6.92 Å². The highest BCUT2D eigenvalue weighted by Gasteiger charge is 2.44. The highest BCUT2D eigenvalue weighted by atomic mass is 16.7. The molecule has 2 heterocycles. The van der Waals surface area contributed by atoms with Crippen LogP contribution in [0.25, 0.3) is 0 Å². The molecule has 2 amide bonds. The molecule has 1 fully saturated rings. The number of carbonyl (C=O) groups is 2. The molecular weight excluding hydrogens is 294 g/mol. The molecule has 0 saturated carbocycles. The first-order valence-corrected chi connectivity index (χ1v) is 7.91. The summed E-state index contributed by atoms with van der Waals surface area (Å²) in [6.45, 7) is 3.36. The normalized spacial score (nSPS) is 19.2. The third-order valence-corrected chi connectivity index (χ3v) is 4.52. The fourth-order valence-corrected chi connectivity index (χ4v) is 3.02. The Balaban J connectivity index is 1.51. The molecule has 6 heteroatoms. The number of hydrogen-bond acceptors (Lipinski definition) is 4. The van der Waals surface area contributed by atoms with E-state index in [0.29, 0.717) is 44.6 Å². The average molecular weight is 315 g/mol. The minimum Gasteiger partial charge on any atom is -0.388 e. The van der Waals surface area contributed by atoms with Crippen molar-refractivity contribution in [2.45, 2.75) is 38.3 Å². The van der Waals surface area contributed by atoms with Crippen molar-refractivity contribution in [1.29, 1.82) is 0 Å². The second-order valence-electron chi connectivity index (χ2n) is 6.16. The van der Waals surface area contributed by atoms with Crippen LogP contribution in [0.4, 0.5) is 0 Å². The number of nitrogens with one attached hydrogen (secondary N) is 1. The van der Waals surface area contributed by atoms with Crippen LogP contribution in [0.2, 0.25) is 0 Å². The van der Waals surface area contributed by atoms with Gasteiger partial charge in [-0.15, -0.1) is 0 Å². The van der Waals surface area contributed by atoms with Gasteiger partial charge in [-0.1, -0.05) is 35.5 Å². The Morgan fingerprint density at radius 2 is 1.96 bits per heavy atom. The van der Waals surface area contributed by atoms with Gasteiger partial charge in [0.05, 0.1) is 0 Å². The zero-order valence-electron chi connectivity index (χ0n) is 13.2. The summed E-state index contributed by atoms with van der Waals surface area (Å²) in [5.74, 6) is -0.0979. The van der Waals surface area contributed by atoms with Crippen molar-refractivity contribution in [2.24, 2.45) is 5.16 Å². The number of oxime groups is 1. The minimum absolute atomic E-state index is 0.0830. The standard InChI is InChI=1S/C17H21N3O3/c1-13(21)20-9-7-17(8-10-20)11-15(19-23-17)16(22)18-12-14-5-3-2-4-6-14/h2-6H,7-12H2,1H3,(H,18,22). The first kappa shape index (κ1) is 15.5. The van der Waals surface area contributed by atoms with Crippen LogP contribution in [0.1, 0.15) is 31.7 Å². The number of rotatable bonds is 3. The molecule has 0 radical (unpaired) electrons. The molecule has 0 aliphatic carbocycles. The van der Waals surface area contributed by atoms with Gasteiger partial charge in [-0.25, -0.2) is 0 Å². The highest BCUT2D eigenvalue weighted by Crippen LogP contribution is 2.34. The summed E-state index contributed by atoms with van der Waals surface area (Å²) in [5, 5.41) is 6.87. The first-order valence-electron chi connectivity index (χ1n) is 7.91. The summed E-state index contributed by atoms with van der Waals surface area (Å²) in [6, 6.07) is 9.75. The van der Waals surface area contributed by atoms with Crippen molar-refractivity contribution in [3.63, 3.8) is 0 Å². The number of nitrogens with zero attached hydrogens (tertiary/aromatic N) is 2. The summed E-state index contributed by atoms with van der Waals surface area (Å²) in [6.07, 6.45) is 1.94. The number of likely N-dealkylation sites (tertiary alicyclic amines) is 1. The van der Waals surface area contributed by atoms with Crippen LogP contribution in [0.5, 0.6) is 0 Å². The topological polar surface area (TPSA) is 71.0 Å². The van der Waals surface area contributed by atoms with Gasteiger partial charge < -0.3 is 15.1 Å². The van der Waals surface area contributed by atoms with Crippen LogP contribution in [0.3, 0.4) is 0 Å². The number of hydrogen-bond donors (Lipinski definition) is 1. The maximum Gasteiger partial charge on any atom is 0.269 e. The van der Waals surface area contributed by atoms with Gasteiger partial charge in [0.2, 0.25) is 5.91 Å². The van der Waals surface area contributed by atoms with Crippen LogP contribution >= 0.6 is 0 Å². The maximum atomic E-state index is 12.2. The predicted octanol–water partition coefficient (Wildman–Crippen LogP) is 1.46. The van der Waals surface area contributed by atoms with E-state index in [-0.39, 0.29) is 11.8 Å². The van der Waals surface area contributed by atoms with E-state index in [4.69, 9.17) is 4.84 Å². The molecular formula is C17H21N3O3. The Bertz CT molecular complexity index is 619. The monoisotopic (exact) mass is 315 g/mol. The zero-order valence-corrected chi connectivity index (χ0v) is 13.2. The van der Waals surface area contributed by atoms with Gasteiger partial charge >= 0.3 is 0 Å². The Hall–Kier alpha value is -2.37. The van der Waals surface area contributed by atoms with E-state index in [1.165, 1.54) is 0 Å². The Morgan fingerprint density at radius 3 is 2.61 bits per heavy atom. The molecule has 1 spiro atoms. The average Bonchev–Trinajstić information content (AvgIpc) is 2.98. The van der Waals surface area contributed by atoms with Gasteiger partial charge in [-0.3, -0.25) is 9.59 Å². The van der Waals surface area contributed by atoms with E-state index in [2.05, 4.69) is 10.5 Å². The molecule has 122 valence electrons. The Morgan fingerprint density at radius 1 is 1.26 bits per heavy atom. The molecule has 2 aliphatic heterocycles. The summed E-state index contributed by atoms with van der Waals surface area (Å²) in [4.78, 5) is 31.0. The van der Waals surface area contributed by atoms with E-state index < -0.39 is 5.60 Å². The van der Waals surface area contributed by atoms with Gasteiger partial charge in [0.25, 0.3) is 5.91 Å². The fourth-order valence-electron chi connectivity index (χ4n) is 3.02. The molecule has 23 heavy (non-hydrogen) atoms. The lowest BCUT2D eigenvalue weighted by Gasteiger charge is -2.36. The lowest BCUT2D eigenvalue weighted by molar-refractivity contribution is -0.134. The summed E-state index contributed by atoms with van der Waals surface area (Å²) in [7, 11) is 0. The van der Waals surface area contributed by atoms with Gasteiger partial charge in [-0.2, -0.15) is 0 Å². The van der Waals surface area contributed by atoms with Gasteiger partial charge in [0.1, 0.15) is 11.3 Å². The van der Waals surface area contributed by atoms with Crippen LogP contribution in [0.15, 0.2) is 35.5 Å². The second kappa shape index (κ2) is 6.40. The van der Waals surface area contributed by atoms with Crippen molar-refractivity contribution in [3.05, 3.63) is 35.9 Å². The molecule has 1 aromatic carbocycles. The molecule has 1 saturated heterocycles. The van der Waals surface area contributed by atoms with Gasteiger partial charge in [0.15, 0.2) is 0 Å². The Kier molecular flexibility index (Phi) is 4.32. The smallest absolute Gasteiger partial charge is 0.269 e. The second-order valence-corrected chi connectivity index (χ2v) is 6.16. The van der Waals surface area contributed by atoms with Crippen molar-refractivity contribution < 1.29 is 14.4 Å². The van der Waals surface area contributed by atoms with Crippen molar-refractivity contribution >= 4 is 17.5 Å². The lowest BCUT2D eigenvalue weighted by Crippen LogP contribution is -2.46. The van der Waals surface area contributed by atoms with Crippen LogP contribution in [-0.4, -0.2) is 41.1 Å². The quantitative estimate of drug-likeness (QED) is 0.918. The SMILES string of the molecule is CC(=O)N1CCC2(CC1)CC(C(=O)NCc1ccccc1)=NO2. The summed E-state index contributed by atoms with van der Waals surface area (Å²) in [5.41, 5.74) is 1.08. The van der Waals surface area contributed by atoms with E-state index in [0.717, 1.165) is 5.56 Å². The largest absolute Gasteiger partial charge is 0.388 e. The fraction of sp³-hybridized carbons (Fsp3) is 0.471. The van der Waals surface area contributed by atoms with Crippen molar-refractivity contribution in [1.82, 2.24) is 10.2 Å². The molecule has 2 aliphatic rings. The van der Waals surface area contributed by atoms with E-state index in [1.807, 2.05) is 35.2 Å². The third kappa shape index (κ3) is 3.52. The molecule has 0 unspecified atom stereocenters. The number of benzene rings is 1. The molecule has 3 rings (SSSR count). The van der Waals surface area contributed by atoms with Gasteiger partial charge in [0, 0.05) is 45.8 Å². The van der Waals surface area contributed by atoms with Crippen LogP contribution < -0.4 is 5.32 Å². The number of piperidine rings is 1. The number of carbonyl (C=O) groups excluding carboxylic acids is 2. The third-order valence-electron chi connectivity index (χ3n) is 4.52. The lowest BCUT2D eigenvalue weighted by atomic mass is 9.86. The first-order chi connectivity index (χ1) is 11.1. The molecule has 0 aromatic heterocycles. The van der Waals surface area contributed by atoms with Gasteiger partial charge in [-0.05, 0) is 5.56 Å². The zero-order chi connectivity index (χ0) is 16.3. The maximum absolute atomic E-state index is 12.2. The summed E-state index contributed by atoms with van der Waals surface area (Å²) < 4.78 is 0. The Labute approximate surface area is 135 Å².